The van der Waals surface area contributed by atoms with Gasteiger partial charge in [0.2, 0.25) is 0 Å². The van der Waals surface area contributed by atoms with Crippen LogP contribution in [0.4, 0.5) is 10.1 Å². The summed E-state index contributed by atoms with van der Waals surface area (Å²) in [4.78, 5) is 6.52. The molecule has 0 bridgehead atoms. The first-order valence-electron chi connectivity index (χ1n) is 9.48. The molecule has 2 heterocycles. The van der Waals surface area contributed by atoms with Gasteiger partial charge in [0, 0.05) is 37.9 Å². The number of nitrogens with one attached hydrogen (secondary N) is 2. The van der Waals surface area contributed by atoms with Crippen molar-refractivity contribution in [1.29, 1.82) is 0 Å². The van der Waals surface area contributed by atoms with Crippen molar-refractivity contribution in [1.82, 2.24) is 15.8 Å². The molecule has 1 aliphatic rings. The summed E-state index contributed by atoms with van der Waals surface area (Å²) >= 11 is 0. The summed E-state index contributed by atoms with van der Waals surface area (Å²) in [6.07, 6.45) is 1.94. The van der Waals surface area contributed by atoms with Gasteiger partial charge in [-0.25, -0.2) is 4.39 Å². The van der Waals surface area contributed by atoms with Crippen molar-refractivity contribution in [2.24, 2.45) is 4.99 Å². The van der Waals surface area contributed by atoms with Crippen LogP contribution in [0.2, 0.25) is 0 Å². The third-order valence-electron chi connectivity index (χ3n) is 4.83. The van der Waals surface area contributed by atoms with Crippen LogP contribution < -0.4 is 15.5 Å². The Bertz CT molecular complexity index is 771. The molecule has 1 fully saturated rings. The van der Waals surface area contributed by atoms with Gasteiger partial charge >= 0.3 is 0 Å². The van der Waals surface area contributed by atoms with E-state index in [4.69, 9.17) is 4.52 Å². The molecule has 0 radical (unpaired) electrons. The molecule has 3 rings (SSSR count). The fourth-order valence-electron chi connectivity index (χ4n) is 3.20. The topological polar surface area (TPSA) is 65.7 Å². The zero-order chi connectivity index (χ0) is 19.2. The van der Waals surface area contributed by atoms with Crippen molar-refractivity contribution in [2.75, 3.05) is 25.0 Å². The normalized spacial score (nSPS) is 15.5. The number of hydrogen-bond donors (Lipinski definition) is 2. The zero-order valence-electron chi connectivity index (χ0n) is 16.6. The zero-order valence-corrected chi connectivity index (χ0v) is 18.9. The van der Waals surface area contributed by atoms with E-state index in [2.05, 4.69) is 39.5 Å². The lowest BCUT2D eigenvalue weighted by molar-refractivity contribution is 0.371. The summed E-state index contributed by atoms with van der Waals surface area (Å²) in [6.45, 7) is 6.49. The standard InChI is InChI=1S/C20H28FN5O.HI/c1-14(2)19-12-18(27-25-19)13-23-20(22-3)24-16-7-9-26(10-8-16)17-6-4-5-15(21)11-17;/h4-6,11-12,14,16H,7-10,13H2,1-3H3,(H2,22,23,24);1H. The summed E-state index contributed by atoms with van der Waals surface area (Å²) in [6, 6.07) is 9.10. The lowest BCUT2D eigenvalue weighted by Gasteiger charge is -2.34. The van der Waals surface area contributed by atoms with Gasteiger partial charge in [-0.05, 0) is 37.0 Å². The number of piperidine rings is 1. The highest BCUT2D eigenvalue weighted by Gasteiger charge is 2.20. The summed E-state index contributed by atoms with van der Waals surface area (Å²) < 4.78 is 18.8. The van der Waals surface area contributed by atoms with E-state index in [1.807, 2.05) is 12.1 Å². The van der Waals surface area contributed by atoms with E-state index >= 15 is 0 Å². The maximum Gasteiger partial charge on any atom is 0.191 e. The molecule has 0 spiro atoms. The second-order valence-electron chi connectivity index (χ2n) is 7.18. The number of hydrogen-bond acceptors (Lipinski definition) is 4. The predicted molar refractivity (Wildman–Crippen MR) is 121 cm³/mol. The first-order valence-corrected chi connectivity index (χ1v) is 9.48. The van der Waals surface area contributed by atoms with Crippen LogP contribution in [-0.2, 0) is 6.54 Å². The number of halogens is 2. The Morgan fingerprint density at radius 2 is 2.07 bits per heavy atom. The molecule has 0 amide bonds. The molecular formula is C20H29FIN5O. The maximum atomic E-state index is 13.4. The van der Waals surface area contributed by atoms with E-state index < -0.39 is 0 Å². The second-order valence-corrected chi connectivity index (χ2v) is 7.18. The molecule has 1 saturated heterocycles. The molecule has 1 aliphatic heterocycles. The van der Waals surface area contributed by atoms with E-state index in [0.717, 1.165) is 49.0 Å². The van der Waals surface area contributed by atoms with E-state index in [9.17, 15) is 4.39 Å². The number of guanidine groups is 1. The Morgan fingerprint density at radius 3 is 2.68 bits per heavy atom. The first kappa shape index (κ1) is 22.4. The number of aliphatic imine (C=N–C) groups is 1. The quantitative estimate of drug-likeness (QED) is 0.370. The van der Waals surface area contributed by atoms with Crippen molar-refractivity contribution in [3.8, 4) is 0 Å². The number of nitrogens with zero attached hydrogens (tertiary/aromatic N) is 3. The highest BCUT2D eigenvalue weighted by molar-refractivity contribution is 14.0. The third kappa shape index (κ3) is 6.08. The highest BCUT2D eigenvalue weighted by Crippen LogP contribution is 2.20. The van der Waals surface area contributed by atoms with Gasteiger partial charge < -0.3 is 20.1 Å². The predicted octanol–water partition coefficient (Wildman–Crippen LogP) is 3.89. The lowest BCUT2D eigenvalue weighted by Crippen LogP contribution is -2.48. The van der Waals surface area contributed by atoms with Gasteiger partial charge in [0.05, 0.1) is 12.2 Å². The molecule has 8 heteroatoms. The average molecular weight is 501 g/mol. The van der Waals surface area contributed by atoms with Crippen LogP contribution in [0.25, 0.3) is 0 Å². The maximum absolute atomic E-state index is 13.4. The van der Waals surface area contributed by atoms with Crippen LogP contribution >= 0.6 is 24.0 Å². The summed E-state index contributed by atoms with van der Waals surface area (Å²) in [5.74, 6) is 1.71. The Hall–Kier alpha value is -1.84. The van der Waals surface area contributed by atoms with E-state index in [0.29, 0.717) is 18.5 Å². The Morgan fingerprint density at radius 1 is 1.32 bits per heavy atom. The molecular weight excluding hydrogens is 472 g/mol. The van der Waals surface area contributed by atoms with Crippen molar-refractivity contribution < 1.29 is 8.91 Å². The molecule has 0 unspecified atom stereocenters. The van der Waals surface area contributed by atoms with Gasteiger partial charge in [-0.1, -0.05) is 25.1 Å². The number of anilines is 1. The summed E-state index contributed by atoms with van der Waals surface area (Å²) in [5, 5.41) is 10.8. The monoisotopic (exact) mass is 501 g/mol. The number of rotatable bonds is 5. The van der Waals surface area contributed by atoms with Crippen molar-refractivity contribution >= 4 is 35.6 Å². The van der Waals surface area contributed by atoms with Crippen molar-refractivity contribution in [3.05, 3.63) is 47.6 Å². The van der Waals surface area contributed by atoms with Crippen LogP contribution in [-0.4, -0.2) is 37.3 Å². The van der Waals surface area contributed by atoms with E-state index in [1.54, 1.807) is 19.2 Å². The molecule has 2 N–H and O–H groups in total. The van der Waals surface area contributed by atoms with Crippen LogP contribution in [0.1, 0.15) is 44.1 Å². The Kier molecular flexibility index (Phi) is 8.53. The minimum absolute atomic E-state index is 0. The lowest BCUT2D eigenvalue weighted by atomic mass is 10.0. The van der Waals surface area contributed by atoms with Gasteiger partial charge in [0.15, 0.2) is 11.7 Å². The molecule has 0 aliphatic carbocycles. The minimum Gasteiger partial charge on any atom is -0.371 e. The van der Waals surface area contributed by atoms with Crippen LogP contribution in [0.15, 0.2) is 39.8 Å². The van der Waals surface area contributed by atoms with Crippen LogP contribution in [0, 0.1) is 5.82 Å². The van der Waals surface area contributed by atoms with Gasteiger partial charge in [-0.2, -0.15) is 0 Å². The second kappa shape index (κ2) is 10.6. The van der Waals surface area contributed by atoms with Gasteiger partial charge in [-0.3, -0.25) is 4.99 Å². The fourth-order valence-corrected chi connectivity index (χ4v) is 3.20. The van der Waals surface area contributed by atoms with E-state index in [1.165, 1.54) is 6.07 Å². The van der Waals surface area contributed by atoms with E-state index in [-0.39, 0.29) is 29.8 Å². The first-order chi connectivity index (χ1) is 13.0. The highest BCUT2D eigenvalue weighted by atomic mass is 127. The fraction of sp³-hybridized carbons (Fsp3) is 0.500. The molecule has 0 saturated carbocycles. The van der Waals surface area contributed by atoms with Gasteiger partial charge in [0.1, 0.15) is 5.82 Å². The Labute approximate surface area is 183 Å². The van der Waals surface area contributed by atoms with Crippen molar-refractivity contribution in [3.63, 3.8) is 0 Å². The molecule has 0 atom stereocenters. The van der Waals surface area contributed by atoms with Gasteiger partial charge in [-0.15, -0.1) is 24.0 Å². The van der Waals surface area contributed by atoms with Crippen LogP contribution in [0.5, 0.6) is 0 Å². The third-order valence-corrected chi connectivity index (χ3v) is 4.83. The molecule has 154 valence electrons. The largest absolute Gasteiger partial charge is 0.371 e. The van der Waals surface area contributed by atoms with Crippen LogP contribution in [0.3, 0.4) is 0 Å². The summed E-state index contributed by atoms with van der Waals surface area (Å²) in [5.41, 5.74) is 1.90. The summed E-state index contributed by atoms with van der Waals surface area (Å²) in [7, 11) is 1.76. The molecule has 6 nitrogen and oxygen atoms in total. The van der Waals surface area contributed by atoms with Gasteiger partial charge in [0.25, 0.3) is 0 Å². The molecule has 1 aromatic carbocycles. The number of benzene rings is 1. The van der Waals surface area contributed by atoms with Crippen molar-refractivity contribution in [2.45, 2.75) is 45.2 Å². The molecule has 2 aromatic rings. The number of aromatic nitrogens is 1. The smallest absolute Gasteiger partial charge is 0.191 e. The Balaban J connectivity index is 0.00000280. The SMILES string of the molecule is CN=C(NCc1cc(C(C)C)no1)NC1CCN(c2cccc(F)c2)CC1.I. The molecule has 1 aromatic heterocycles. The molecule has 28 heavy (non-hydrogen) atoms. The minimum atomic E-state index is -0.189. The average Bonchev–Trinajstić information content (AvgIpc) is 3.15.